The molecule has 0 aliphatic carbocycles. The highest BCUT2D eigenvalue weighted by Gasteiger charge is 2.26. The molecule has 1 aliphatic rings. The Hall–Kier alpha value is -2.28. The first-order valence-electron chi connectivity index (χ1n) is 6.36. The second-order valence-electron chi connectivity index (χ2n) is 4.80. The maximum absolute atomic E-state index is 12.9. The molecular weight excluding hydrogens is 261 g/mol. The summed E-state index contributed by atoms with van der Waals surface area (Å²) < 4.78 is 12.9. The van der Waals surface area contributed by atoms with Crippen molar-refractivity contribution < 1.29 is 9.18 Å². The predicted molar refractivity (Wildman–Crippen MR) is 69.8 cm³/mol. The number of aromatic nitrogens is 3. The lowest BCUT2D eigenvalue weighted by Crippen LogP contribution is -2.32. The van der Waals surface area contributed by atoms with Crippen LogP contribution in [-0.2, 0) is 0 Å². The number of halogens is 1. The summed E-state index contributed by atoms with van der Waals surface area (Å²) in [5, 5.41) is 8.16. The molecule has 0 radical (unpaired) electrons. The van der Waals surface area contributed by atoms with Crippen LogP contribution in [0.4, 0.5) is 4.39 Å². The third-order valence-electron chi connectivity index (χ3n) is 3.28. The van der Waals surface area contributed by atoms with Crippen LogP contribution in [0.25, 0.3) is 5.69 Å². The second kappa shape index (κ2) is 5.01. The molecule has 1 aromatic heterocycles. The summed E-state index contributed by atoms with van der Waals surface area (Å²) in [6.07, 6.45) is 2.22. The van der Waals surface area contributed by atoms with Gasteiger partial charge in [-0.3, -0.25) is 4.79 Å². The van der Waals surface area contributed by atoms with Gasteiger partial charge in [-0.15, -0.1) is 5.10 Å². The quantitative estimate of drug-likeness (QED) is 0.869. The number of nitrogens with zero attached hydrogens (tertiary/aromatic N) is 4. The highest BCUT2D eigenvalue weighted by molar-refractivity contribution is 5.92. The van der Waals surface area contributed by atoms with Crippen LogP contribution in [0.2, 0.25) is 0 Å². The Morgan fingerprint density at radius 1 is 1.35 bits per heavy atom. The molecule has 3 rings (SSSR count). The SMILES string of the molecule is N[C@@H]1CCN(C(=O)c2cnn(-c3ccc(F)cc3)n2)C1. The van der Waals surface area contributed by atoms with Crippen molar-refractivity contribution in [3.05, 3.63) is 42.0 Å². The molecule has 1 saturated heterocycles. The lowest BCUT2D eigenvalue weighted by atomic mass is 10.3. The van der Waals surface area contributed by atoms with Crippen molar-refractivity contribution in [1.82, 2.24) is 19.9 Å². The molecule has 2 heterocycles. The number of rotatable bonds is 2. The summed E-state index contributed by atoms with van der Waals surface area (Å²) in [6, 6.07) is 5.77. The molecule has 1 amide bonds. The minimum absolute atomic E-state index is 0.0334. The standard InChI is InChI=1S/C13H14FN5O/c14-9-1-3-11(4-2-9)19-16-7-12(17-19)13(20)18-6-5-10(15)8-18/h1-4,7,10H,5-6,8,15H2/t10-/m1/s1. The highest BCUT2D eigenvalue weighted by atomic mass is 19.1. The third kappa shape index (κ3) is 2.39. The van der Waals surface area contributed by atoms with Crippen LogP contribution in [0.5, 0.6) is 0 Å². The molecule has 6 nitrogen and oxygen atoms in total. The van der Waals surface area contributed by atoms with Crippen LogP contribution in [0.1, 0.15) is 16.9 Å². The number of amides is 1. The summed E-state index contributed by atoms with van der Waals surface area (Å²) in [4.78, 5) is 15.2. The maximum Gasteiger partial charge on any atom is 0.276 e. The molecule has 2 N–H and O–H groups in total. The molecule has 1 fully saturated rings. The van der Waals surface area contributed by atoms with E-state index < -0.39 is 0 Å². The van der Waals surface area contributed by atoms with Gasteiger partial charge >= 0.3 is 0 Å². The molecule has 0 saturated carbocycles. The molecule has 1 aliphatic heterocycles. The zero-order chi connectivity index (χ0) is 14.1. The highest BCUT2D eigenvalue weighted by Crippen LogP contribution is 2.12. The molecule has 1 aromatic carbocycles. The number of carbonyl (C=O) groups excluding carboxylic acids is 1. The number of likely N-dealkylation sites (tertiary alicyclic amines) is 1. The lowest BCUT2D eigenvalue weighted by Gasteiger charge is -2.13. The van der Waals surface area contributed by atoms with Gasteiger partial charge in [-0.2, -0.15) is 9.90 Å². The Morgan fingerprint density at radius 3 is 2.75 bits per heavy atom. The summed E-state index contributed by atoms with van der Waals surface area (Å²) in [5.74, 6) is -0.505. The van der Waals surface area contributed by atoms with E-state index >= 15 is 0 Å². The molecule has 1 atom stereocenters. The molecule has 0 bridgehead atoms. The Labute approximate surface area is 115 Å². The minimum Gasteiger partial charge on any atom is -0.336 e. The first kappa shape index (κ1) is 12.7. The van der Waals surface area contributed by atoms with Gasteiger partial charge < -0.3 is 10.6 Å². The van der Waals surface area contributed by atoms with E-state index in [9.17, 15) is 9.18 Å². The number of hydrogen-bond acceptors (Lipinski definition) is 4. The number of hydrogen-bond donors (Lipinski definition) is 1. The molecular formula is C13H14FN5O. The van der Waals surface area contributed by atoms with E-state index in [0.717, 1.165) is 6.42 Å². The van der Waals surface area contributed by atoms with E-state index in [4.69, 9.17) is 5.73 Å². The largest absolute Gasteiger partial charge is 0.336 e. The molecule has 104 valence electrons. The normalized spacial score (nSPS) is 18.5. The monoisotopic (exact) mass is 275 g/mol. The summed E-state index contributed by atoms with van der Waals surface area (Å²) in [5.41, 5.74) is 6.65. The smallest absolute Gasteiger partial charge is 0.276 e. The fourth-order valence-corrected chi connectivity index (χ4v) is 2.19. The van der Waals surface area contributed by atoms with Gasteiger partial charge in [0, 0.05) is 19.1 Å². The first-order valence-corrected chi connectivity index (χ1v) is 6.36. The Bertz CT molecular complexity index is 624. The van der Waals surface area contributed by atoms with E-state index in [1.54, 1.807) is 17.0 Å². The average molecular weight is 275 g/mol. The van der Waals surface area contributed by atoms with E-state index in [-0.39, 0.29) is 23.5 Å². The zero-order valence-electron chi connectivity index (χ0n) is 10.7. The van der Waals surface area contributed by atoms with Crippen LogP contribution < -0.4 is 5.73 Å². The summed E-state index contributed by atoms with van der Waals surface area (Å²) in [6.45, 7) is 1.19. The molecule has 20 heavy (non-hydrogen) atoms. The van der Waals surface area contributed by atoms with Crippen molar-refractivity contribution in [2.75, 3.05) is 13.1 Å². The number of nitrogens with two attached hydrogens (primary N) is 1. The molecule has 0 spiro atoms. The van der Waals surface area contributed by atoms with E-state index in [1.165, 1.54) is 23.1 Å². The van der Waals surface area contributed by atoms with E-state index in [0.29, 0.717) is 18.8 Å². The van der Waals surface area contributed by atoms with Crippen LogP contribution in [0, 0.1) is 5.82 Å². The van der Waals surface area contributed by atoms with Crippen molar-refractivity contribution in [2.24, 2.45) is 5.73 Å². The summed E-state index contributed by atoms with van der Waals surface area (Å²) in [7, 11) is 0. The molecule has 2 aromatic rings. The fraction of sp³-hybridized carbons (Fsp3) is 0.308. The Kier molecular flexibility index (Phi) is 3.19. The fourth-order valence-electron chi connectivity index (χ4n) is 2.19. The van der Waals surface area contributed by atoms with Gasteiger partial charge in [0.05, 0.1) is 11.9 Å². The lowest BCUT2D eigenvalue weighted by molar-refractivity contribution is 0.0784. The third-order valence-corrected chi connectivity index (χ3v) is 3.28. The van der Waals surface area contributed by atoms with Crippen molar-refractivity contribution in [1.29, 1.82) is 0 Å². The predicted octanol–water partition coefficient (Wildman–Crippen LogP) is 0.580. The van der Waals surface area contributed by atoms with Crippen LogP contribution in [0.15, 0.2) is 30.5 Å². The van der Waals surface area contributed by atoms with Crippen LogP contribution >= 0.6 is 0 Å². The summed E-state index contributed by atoms with van der Waals surface area (Å²) >= 11 is 0. The van der Waals surface area contributed by atoms with Gasteiger partial charge in [0.25, 0.3) is 5.91 Å². The van der Waals surface area contributed by atoms with Gasteiger partial charge in [-0.05, 0) is 30.7 Å². The molecule has 0 unspecified atom stereocenters. The van der Waals surface area contributed by atoms with Crippen molar-refractivity contribution >= 4 is 5.91 Å². The van der Waals surface area contributed by atoms with E-state index in [1.807, 2.05) is 0 Å². The van der Waals surface area contributed by atoms with Gasteiger partial charge in [0.2, 0.25) is 0 Å². The van der Waals surface area contributed by atoms with Gasteiger partial charge in [-0.1, -0.05) is 0 Å². The van der Waals surface area contributed by atoms with Crippen LogP contribution in [0.3, 0.4) is 0 Å². The van der Waals surface area contributed by atoms with Gasteiger partial charge in [-0.25, -0.2) is 4.39 Å². The number of benzene rings is 1. The zero-order valence-corrected chi connectivity index (χ0v) is 10.7. The number of carbonyl (C=O) groups is 1. The minimum atomic E-state index is -0.330. The average Bonchev–Trinajstić information content (AvgIpc) is 3.08. The molecule has 7 heteroatoms. The topological polar surface area (TPSA) is 77.0 Å². The maximum atomic E-state index is 12.9. The van der Waals surface area contributed by atoms with Crippen molar-refractivity contribution in [3.8, 4) is 5.69 Å². The second-order valence-corrected chi connectivity index (χ2v) is 4.80. The van der Waals surface area contributed by atoms with Crippen LogP contribution in [-0.4, -0.2) is 44.9 Å². The Morgan fingerprint density at radius 2 is 2.10 bits per heavy atom. The first-order chi connectivity index (χ1) is 9.63. The van der Waals surface area contributed by atoms with Crippen molar-refractivity contribution in [2.45, 2.75) is 12.5 Å². The Balaban J connectivity index is 1.79. The van der Waals surface area contributed by atoms with Crippen molar-refractivity contribution in [3.63, 3.8) is 0 Å². The van der Waals surface area contributed by atoms with Gasteiger partial charge in [0.15, 0.2) is 5.69 Å². The van der Waals surface area contributed by atoms with E-state index in [2.05, 4.69) is 10.2 Å². The van der Waals surface area contributed by atoms with Gasteiger partial charge in [0.1, 0.15) is 5.82 Å².